The third-order valence-electron chi connectivity index (χ3n) is 5.37. The predicted octanol–water partition coefficient (Wildman–Crippen LogP) is 5.18. The molecule has 6 nitrogen and oxygen atoms in total. The quantitative estimate of drug-likeness (QED) is 0.453. The van der Waals surface area contributed by atoms with Gasteiger partial charge in [-0.3, -0.25) is 0 Å². The van der Waals surface area contributed by atoms with E-state index in [1.807, 2.05) is 54.9 Å². The number of hydrogen-bond donors (Lipinski definition) is 2. The van der Waals surface area contributed by atoms with Gasteiger partial charge in [0.15, 0.2) is 16.7 Å². The van der Waals surface area contributed by atoms with Crippen molar-refractivity contribution in [1.29, 1.82) is 0 Å². The number of nitrogens with zero attached hydrogens (tertiary/aromatic N) is 3. The van der Waals surface area contributed by atoms with E-state index in [1.54, 1.807) is 11.8 Å². The summed E-state index contributed by atoms with van der Waals surface area (Å²) in [6.07, 6.45) is 3.62. The first-order valence-corrected chi connectivity index (χ1v) is 12.3. The van der Waals surface area contributed by atoms with E-state index in [0.717, 1.165) is 47.4 Å². The Balaban J connectivity index is 1.47. The largest absolute Gasteiger partial charge is 0.453 e. The number of likely N-dealkylation sites (tertiary alicyclic amines) is 1. The van der Waals surface area contributed by atoms with Crippen LogP contribution in [0.4, 0.5) is 10.9 Å². The molecular weight excluding hydrogens is 428 g/mol. The van der Waals surface area contributed by atoms with Crippen molar-refractivity contribution in [2.45, 2.75) is 30.8 Å². The molecule has 0 radical (unpaired) electrons. The second-order valence-corrected chi connectivity index (χ2v) is 9.82. The molecule has 8 heteroatoms. The summed E-state index contributed by atoms with van der Waals surface area (Å²) in [5, 5.41) is 16.7. The Morgan fingerprint density at radius 3 is 2.77 bits per heavy atom. The van der Waals surface area contributed by atoms with E-state index in [9.17, 15) is 5.11 Å². The first-order valence-electron chi connectivity index (χ1n) is 10.5. The van der Waals surface area contributed by atoms with Crippen molar-refractivity contribution in [2.24, 2.45) is 5.92 Å². The van der Waals surface area contributed by atoms with Crippen LogP contribution < -0.4 is 10.1 Å². The molecule has 1 fully saturated rings. The second kappa shape index (κ2) is 10.5. The molecule has 0 saturated carbocycles. The summed E-state index contributed by atoms with van der Waals surface area (Å²) in [6.45, 7) is 4.07. The molecule has 1 aliphatic rings. The fraction of sp³-hybridized carbons (Fsp3) is 0.391. The number of aliphatic hydroxyl groups excluding tert-OH is 1. The van der Waals surface area contributed by atoms with Crippen molar-refractivity contribution < 1.29 is 9.84 Å². The number of aryl methyl sites for hydroxylation is 1. The molecular formula is C23H28N4O2S2. The molecule has 2 N–H and O–H groups in total. The fourth-order valence-electron chi connectivity index (χ4n) is 3.54. The summed E-state index contributed by atoms with van der Waals surface area (Å²) in [5.41, 5.74) is 0.966. The first-order chi connectivity index (χ1) is 15.1. The zero-order valence-electron chi connectivity index (χ0n) is 17.8. The van der Waals surface area contributed by atoms with Gasteiger partial charge in [0, 0.05) is 22.2 Å². The van der Waals surface area contributed by atoms with Crippen molar-refractivity contribution in [2.75, 3.05) is 31.2 Å². The van der Waals surface area contributed by atoms with Crippen LogP contribution in [0.2, 0.25) is 0 Å². The Morgan fingerprint density at radius 1 is 1.29 bits per heavy atom. The maximum absolute atomic E-state index is 10.7. The van der Waals surface area contributed by atoms with Gasteiger partial charge in [0.05, 0.1) is 11.8 Å². The summed E-state index contributed by atoms with van der Waals surface area (Å²) in [4.78, 5) is 12.4. The van der Waals surface area contributed by atoms with Gasteiger partial charge >= 0.3 is 0 Å². The molecule has 1 aromatic carbocycles. The van der Waals surface area contributed by atoms with Crippen LogP contribution in [0.25, 0.3) is 0 Å². The fourth-order valence-corrected chi connectivity index (χ4v) is 5.18. The lowest BCUT2D eigenvalue weighted by atomic mass is 9.92. The maximum atomic E-state index is 10.7. The van der Waals surface area contributed by atoms with Crippen LogP contribution >= 0.6 is 23.1 Å². The number of hydrogen-bond acceptors (Lipinski definition) is 8. The molecule has 1 unspecified atom stereocenters. The molecule has 1 atom stereocenters. The van der Waals surface area contributed by atoms with Gasteiger partial charge in [-0.05, 0) is 64.0 Å². The van der Waals surface area contributed by atoms with Crippen LogP contribution in [0.1, 0.15) is 18.5 Å². The molecule has 0 bridgehead atoms. The van der Waals surface area contributed by atoms with Gasteiger partial charge in [0.1, 0.15) is 5.75 Å². The lowest BCUT2D eigenvalue weighted by Crippen LogP contribution is -2.36. The standard InChI is InChI=1S/C23H28N4O2S2/c1-16-14-31-23(25-16)26-22-21(29-18-6-4-3-5-7-18)12-19(13-24-22)30-15-20(28)17-8-10-27(2)11-9-17/h3-7,12-14,17,20,28H,8-11,15H2,1-2H3,(H,24,25,26). The van der Waals surface area contributed by atoms with Gasteiger partial charge in [-0.15, -0.1) is 23.1 Å². The SMILES string of the molecule is Cc1csc(Nc2ncc(SCC(O)C3CCN(C)CC3)cc2Oc2ccccc2)n1. The minimum atomic E-state index is -0.312. The number of para-hydroxylation sites is 1. The summed E-state index contributed by atoms with van der Waals surface area (Å²) >= 11 is 3.15. The highest BCUT2D eigenvalue weighted by Crippen LogP contribution is 2.35. The average Bonchev–Trinajstić information content (AvgIpc) is 3.19. The molecule has 0 aliphatic carbocycles. The van der Waals surface area contributed by atoms with Gasteiger partial charge in [-0.2, -0.15) is 0 Å². The first kappa shape index (κ1) is 22.1. The smallest absolute Gasteiger partial charge is 0.188 e. The molecule has 0 amide bonds. The third-order valence-corrected chi connectivity index (χ3v) is 7.31. The number of nitrogens with one attached hydrogen (secondary N) is 1. The van der Waals surface area contributed by atoms with Crippen molar-refractivity contribution >= 4 is 34.0 Å². The molecule has 164 valence electrons. The van der Waals surface area contributed by atoms with E-state index in [0.29, 0.717) is 23.2 Å². The lowest BCUT2D eigenvalue weighted by molar-refractivity contribution is 0.0830. The topological polar surface area (TPSA) is 70.5 Å². The van der Waals surface area contributed by atoms with Gasteiger partial charge in [0.2, 0.25) is 0 Å². The summed E-state index contributed by atoms with van der Waals surface area (Å²) in [6, 6.07) is 11.7. The van der Waals surface area contributed by atoms with E-state index < -0.39 is 0 Å². The number of thioether (sulfide) groups is 1. The van der Waals surface area contributed by atoms with Crippen LogP contribution in [-0.4, -0.2) is 52.0 Å². The number of rotatable bonds is 8. The average molecular weight is 457 g/mol. The van der Waals surface area contributed by atoms with Crippen LogP contribution in [0.3, 0.4) is 0 Å². The Morgan fingerprint density at radius 2 is 2.06 bits per heavy atom. The zero-order valence-corrected chi connectivity index (χ0v) is 19.5. The van der Waals surface area contributed by atoms with E-state index in [-0.39, 0.29) is 6.10 Å². The molecule has 0 spiro atoms. The number of benzene rings is 1. The molecule has 2 aromatic heterocycles. The van der Waals surface area contributed by atoms with Gasteiger partial charge < -0.3 is 20.1 Å². The van der Waals surface area contributed by atoms with Gasteiger partial charge in [-0.1, -0.05) is 18.2 Å². The summed E-state index contributed by atoms with van der Waals surface area (Å²) in [5.74, 6) is 3.03. The highest BCUT2D eigenvalue weighted by molar-refractivity contribution is 7.99. The normalized spacial score (nSPS) is 16.2. The zero-order chi connectivity index (χ0) is 21.6. The third kappa shape index (κ3) is 6.20. The van der Waals surface area contributed by atoms with Crippen molar-refractivity contribution in [3.8, 4) is 11.5 Å². The maximum Gasteiger partial charge on any atom is 0.188 e. The Labute approximate surface area is 191 Å². The second-order valence-electron chi connectivity index (χ2n) is 7.87. The lowest BCUT2D eigenvalue weighted by Gasteiger charge is -2.31. The molecule has 1 saturated heterocycles. The minimum absolute atomic E-state index is 0.312. The predicted molar refractivity (Wildman–Crippen MR) is 128 cm³/mol. The highest BCUT2D eigenvalue weighted by atomic mass is 32.2. The molecule has 4 rings (SSSR count). The number of pyridine rings is 1. The Hall–Kier alpha value is -2.13. The number of anilines is 2. The van der Waals surface area contributed by atoms with Crippen LogP contribution in [-0.2, 0) is 0 Å². The van der Waals surface area contributed by atoms with Crippen LogP contribution in [0, 0.1) is 12.8 Å². The number of aliphatic hydroxyl groups is 1. The van der Waals surface area contributed by atoms with E-state index in [4.69, 9.17) is 4.74 Å². The molecule has 3 heterocycles. The van der Waals surface area contributed by atoms with Crippen molar-refractivity contribution in [3.05, 3.63) is 53.7 Å². The summed E-state index contributed by atoms with van der Waals surface area (Å²) < 4.78 is 6.13. The van der Waals surface area contributed by atoms with E-state index in [2.05, 4.69) is 27.2 Å². The van der Waals surface area contributed by atoms with E-state index >= 15 is 0 Å². The molecule has 1 aliphatic heterocycles. The van der Waals surface area contributed by atoms with E-state index in [1.165, 1.54) is 11.3 Å². The van der Waals surface area contributed by atoms with Gasteiger partial charge in [-0.25, -0.2) is 9.97 Å². The number of piperidine rings is 1. The van der Waals surface area contributed by atoms with Gasteiger partial charge in [0.25, 0.3) is 0 Å². The number of thiazole rings is 1. The van der Waals surface area contributed by atoms with Crippen LogP contribution in [0.5, 0.6) is 11.5 Å². The summed E-state index contributed by atoms with van der Waals surface area (Å²) in [7, 11) is 2.14. The number of aromatic nitrogens is 2. The Kier molecular flexibility index (Phi) is 7.45. The minimum Gasteiger partial charge on any atom is -0.453 e. The molecule has 31 heavy (non-hydrogen) atoms. The highest BCUT2D eigenvalue weighted by Gasteiger charge is 2.24. The number of ether oxygens (including phenoxy) is 1. The molecule has 3 aromatic rings. The van der Waals surface area contributed by atoms with Crippen molar-refractivity contribution in [3.63, 3.8) is 0 Å². The Bertz CT molecular complexity index is 975. The van der Waals surface area contributed by atoms with Crippen LogP contribution in [0.15, 0.2) is 52.9 Å². The van der Waals surface area contributed by atoms with Crippen molar-refractivity contribution in [1.82, 2.24) is 14.9 Å². The monoisotopic (exact) mass is 456 g/mol.